The smallest absolute Gasteiger partial charge is 0.279 e. The van der Waals surface area contributed by atoms with Crippen molar-refractivity contribution in [2.45, 2.75) is 6.42 Å². The molecule has 0 unspecified atom stereocenters. The molecule has 0 aromatic heterocycles. The Labute approximate surface area is 101 Å². The van der Waals surface area contributed by atoms with Crippen LogP contribution in [-0.4, -0.2) is 22.0 Å². The van der Waals surface area contributed by atoms with Crippen LogP contribution in [0.2, 0.25) is 0 Å². The number of ether oxygens (including phenoxy) is 1. The van der Waals surface area contributed by atoms with Crippen LogP contribution < -0.4 is 0 Å². The number of nitro benzene ring substituents is 2. The van der Waals surface area contributed by atoms with E-state index in [1.165, 1.54) is 12.1 Å². The molecule has 1 rings (SSSR count). The second kappa shape index (κ2) is 5.85. The van der Waals surface area contributed by atoms with Crippen LogP contribution in [0.1, 0.15) is 5.56 Å². The fourth-order valence-corrected chi connectivity index (χ4v) is 1.36. The van der Waals surface area contributed by atoms with E-state index in [1.54, 1.807) is 0 Å². The maximum atomic E-state index is 10.7. The van der Waals surface area contributed by atoms with Crippen LogP contribution >= 0.6 is 12.2 Å². The number of nitro groups is 2. The average Bonchev–Trinajstić information content (AvgIpc) is 2.29. The molecule has 0 N–H and O–H groups in total. The van der Waals surface area contributed by atoms with Crippen LogP contribution in [0, 0.1) is 20.2 Å². The molecule has 0 aliphatic heterocycles. The standard InChI is InChI=1S/C9H8N2O5S/c12-10(13)8-2-1-7(3-4-16-6-17)9(5-8)11(14)15/h1-2,5-6H,3-4H2. The minimum absolute atomic E-state index is 0.197. The number of benzene rings is 1. The van der Waals surface area contributed by atoms with Crippen LogP contribution in [-0.2, 0) is 11.2 Å². The van der Waals surface area contributed by atoms with Crippen LogP contribution in [0.25, 0.3) is 0 Å². The van der Waals surface area contributed by atoms with Gasteiger partial charge in [0.05, 0.1) is 22.5 Å². The van der Waals surface area contributed by atoms with Gasteiger partial charge in [-0.3, -0.25) is 20.2 Å². The van der Waals surface area contributed by atoms with Gasteiger partial charge in [0.15, 0.2) is 0 Å². The summed E-state index contributed by atoms with van der Waals surface area (Å²) >= 11 is 4.44. The van der Waals surface area contributed by atoms with Crippen LogP contribution in [0.3, 0.4) is 0 Å². The first-order chi connectivity index (χ1) is 8.06. The molecule has 0 atom stereocenters. The number of hydrogen-bond donors (Lipinski definition) is 0. The van der Waals surface area contributed by atoms with Crippen LogP contribution in [0.4, 0.5) is 11.4 Å². The minimum atomic E-state index is -0.676. The van der Waals surface area contributed by atoms with Gasteiger partial charge in [0.25, 0.3) is 11.4 Å². The second-order valence-corrected chi connectivity index (χ2v) is 3.24. The van der Waals surface area contributed by atoms with E-state index in [4.69, 9.17) is 4.74 Å². The normalized spacial score (nSPS) is 9.65. The van der Waals surface area contributed by atoms with Gasteiger partial charge in [-0.15, -0.1) is 0 Å². The molecule has 0 aliphatic carbocycles. The Morgan fingerprint density at radius 2 is 2.00 bits per heavy atom. The Morgan fingerprint density at radius 1 is 1.29 bits per heavy atom. The molecule has 0 bridgehead atoms. The van der Waals surface area contributed by atoms with Gasteiger partial charge in [-0.1, -0.05) is 0 Å². The zero-order valence-electron chi connectivity index (χ0n) is 8.57. The summed E-state index contributed by atoms with van der Waals surface area (Å²) in [6.45, 7) is 0.197. The van der Waals surface area contributed by atoms with Gasteiger partial charge < -0.3 is 4.74 Å². The van der Waals surface area contributed by atoms with Crippen molar-refractivity contribution >= 4 is 29.1 Å². The average molecular weight is 256 g/mol. The third kappa shape index (κ3) is 3.45. The van der Waals surface area contributed by atoms with Crippen molar-refractivity contribution < 1.29 is 14.6 Å². The number of hydrogen-bond acceptors (Lipinski definition) is 6. The summed E-state index contributed by atoms with van der Waals surface area (Å²) in [5, 5.41) is 21.2. The van der Waals surface area contributed by atoms with E-state index >= 15 is 0 Å². The zero-order chi connectivity index (χ0) is 12.8. The largest absolute Gasteiger partial charge is 0.489 e. The van der Waals surface area contributed by atoms with Gasteiger partial charge in [0, 0.05) is 18.1 Å². The van der Waals surface area contributed by atoms with Crippen LogP contribution in [0.5, 0.6) is 0 Å². The maximum absolute atomic E-state index is 10.7. The molecule has 0 saturated carbocycles. The molecule has 0 amide bonds. The predicted octanol–water partition coefficient (Wildman–Crippen LogP) is 2.02. The highest BCUT2D eigenvalue weighted by Crippen LogP contribution is 2.24. The lowest BCUT2D eigenvalue weighted by atomic mass is 10.1. The highest BCUT2D eigenvalue weighted by atomic mass is 32.1. The SMILES string of the molecule is O=[N+]([O-])c1ccc(CCOC=S)c([N+](=O)[O-])c1. The first-order valence-electron chi connectivity index (χ1n) is 4.53. The van der Waals surface area contributed by atoms with E-state index in [9.17, 15) is 20.2 Å². The van der Waals surface area contributed by atoms with Crippen LogP contribution in [0.15, 0.2) is 18.2 Å². The van der Waals surface area contributed by atoms with E-state index < -0.39 is 9.85 Å². The first kappa shape index (κ1) is 13.0. The number of rotatable bonds is 6. The number of non-ortho nitro benzene ring substituents is 1. The van der Waals surface area contributed by atoms with Gasteiger partial charge in [0.1, 0.15) is 5.55 Å². The molecule has 8 heteroatoms. The Kier molecular flexibility index (Phi) is 4.46. The Morgan fingerprint density at radius 3 is 2.53 bits per heavy atom. The molecule has 17 heavy (non-hydrogen) atoms. The van der Waals surface area contributed by atoms with E-state index in [-0.39, 0.29) is 24.4 Å². The van der Waals surface area contributed by atoms with Gasteiger partial charge in [0.2, 0.25) is 0 Å². The molecule has 0 spiro atoms. The lowest BCUT2D eigenvalue weighted by Gasteiger charge is -2.02. The summed E-state index contributed by atoms with van der Waals surface area (Å²) in [4.78, 5) is 19.9. The van der Waals surface area contributed by atoms with Crippen molar-refractivity contribution in [3.8, 4) is 0 Å². The van der Waals surface area contributed by atoms with E-state index in [2.05, 4.69) is 12.2 Å². The lowest BCUT2D eigenvalue weighted by Crippen LogP contribution is -2.01. The molecule has 0 saturated heterocycles. The van der Waals surface area contributed by atoms with Gasteiger partial charge >= 0.3 is 0 Å². The molecule has 7 nitrogen and oxygen atoms in total. The summed E-state index contributed by atoms with van der Waals surface area (Å²) < 4.78 is 4.78. The summed E-state index contributed by atoms with van der Waals surface area (Å²) in [7, 11) is 0. The van der Waals surface area contributed by atoms with E-state index in [1.807, 2.05) is 0 Å². The highest BCUT2D eigenvalue weighted by Gasteiger charge is 2.18. The first-order valence-corrected chi connectivity index (χ1v) is 5.00. The molecule has 0 radical (unpaired) electrons. The second-order valence-electron chi connectivity index (χ2n) is 3.04. The maximum Gasteiger partial charge on any atom is 0.279 e. The number of nitrogens with zero attached hydrogens (tertiary/aromatic N) is 2. The fourth-order valence-electron chi connectivity index (χ4n) is 1.26. The molecule has 0 fully saturated rings. The molecular weight excluding hydrogens is 248 g/mol. The van der Waals surface area contributed by atoms with Crippen molar-refractivity contribution in [1.82, 2.24) is 0 Å². The van der Waals surface area contributed by atoms with Gasteiger partial charge in [-0.05, 0) is 18.3 Å². The Bertz CT molecular complexity index is 463. The monoisotopic (exact) mass is 256 g/mol. The molecular formula is C9H8N2O5S. The van der Waals surface area contributed by atoms with Crippen molar-refractivity contribution in [1.29, 1.82) is 0 Å². The topological polar surface area (TPSA) is 95.5 Å². The summed E-state index contributed by atoms with van der Waals surface area (Å²) in [5.74, 6) is 0. The molecule has 1 aromatic rings. The minimum Gasteiger partial charge on any atom is -0.489 e. The fraction of sp³-hybridized carbons (Fsp3) is 0.222. The van der Waals surface area contributed by atoms with Crippen molar-refractivity contribution in [2.24, 2.45) is 0 Å². The quantitative estimate of drug-likeness (QED) is 0.334. The highest BCUT2D eigenvalue weighted by molar-refractivity contribution is 7.78. The van der Waals surface area contributed by atoms with Crippen molar-refractivity contribution in [3.63, 3.8) is 0 Å². The zero-order valence-corrected chi connectivity index (χ0v) is 9.38. The van der Waals surface area contributed by atoms with Gasteiger partial charge in [-0.2, -0.15) is 0 Å². The third-order valence-electron chi connectivity index (χ3n) is 2.03. The van der Waals surface area contributed by atoms with Crippen molar-refractivity contribution in [2.75, 3.05) is 6.61 Å². The Hall–Kier alpha value is -2.09. The van der Waals surface area contributed by atoms with E-state index in [0.717, 1.165) is 11.6 Å². The predicted molar refractivity (Wildman–Crippen MR) is 63.1 cm³/mol. The molecule has 0 heterocycles. The van der Waals surface area contributed by atoms with Crippen molar-refractivity contribution in [3.05, 3.63) is 44.0 Å². The molecule has 0 aliphatic rings. The summed E-state index contributed by atoms with van der Waals surface area (Å²) in [5.41, 5.74) is 0.845. The molecule has 90 valence electrons. The summed E-state index contributed by atoms with van der Waals surface area (Å²) in [6, 6.07) is 3.51. The molecule has 1 aromatic carbocycles. The lowest BCUT2D eigenvalue weighted by molar-refractivity contribution is -0.394. The summed E-state index contributed by atoms with van der Waals surface area (Å²) in [6.07, 6.45) is 0.265. The Balaban J connectivity index is 3.00. The van der Waals surface area contributed by atoms with E-state index in [0.29, 0.717) is 5.56 Å². The van der Waals surface area contributed by atoms with Gasteiger partial charge in [-0.25, -0.2) is 0 Å². The number of thiocarbonyl (C=S) groups is 1. The third-order valence-corrected chi connectivity index (χ3v) is 2.17.